The van der Waals surface area contributed by atoms with Crippen molar-refractivity contribution in [3.05, 3.63) is 76.4 Å². The molecule has 0 bridgehead atoms. The number of fused-ring (bicyclic) bond motifs is 4. The smallest absolute Gasteiger partial charge is 0.303 e. The molecule has 0 unspecified atom stereocenters. The van der Waals surface area contributed by atoms with Gasteiger partial charge in [0.2, 0.25) is 11.8 Å². The van der Waals surface area contributed by atoms with Crippen molar-refractivity contribution in [3.63, 3.8) is 0 Å². The maximum absolute atomic E-state index is 13.8. The second kappa shape index (κ2) is 10.3. The van der Waals surface area contributed by atoms with Crippen molar-refractivity contribution < 1.29 is 34.2 Å². The first-order chi connectivity index (χ1) is 19.7. The van der Waals surface area contributed by atoms with Gasteiger partial charge in [0.25, 0.3) is 0 Å². The number of carboxylic acid groups (broad SMARTS) is 1. The molecule has 41 heavy (non-hydrogen) atoms. The molecule has 2 aromatic rings. The third kappa shape index (κ3) is 4.33. The monoisotopic (exact) mass is 553 g/mol. The van der Waals surface area contributed by atoms with Crippen LogP contribution in [0.15, 0.2) is 70.8 Å². The summed E-state index contributed by atoms with van der Waals surface area (Å²) in [6.45, 7) is 1.84. The van der Waals surface area contributed by atoms with Gasteiger partial charge in [-0.3, -0.25) is 28.9 Å². The molecule has 2 amide bonds. The van der Waals surface area contributed by atoms with Crippen LogP contribution in [0.3, 0.4) is 0 Å². The third-order valence-corrected chi connectivity index (χ3v) is 9.16. The molecule has 0 radical (unpaired) electrons. The summed E-state index contributed by atoms with van der Waals surface area (Å²) in [6, 6.07) is 11.0. The number of ketones is 2. The highest BCUT2D eigenvalue weighted by Gasteiger charge is 2.56. The Kier molecular flexibility index (Phi) is 6.72. The lowest BCUT2D eigenvalue weighted by molar-refractivity contribution is -0.141. The van der Waals surface area contributed by atoms with Gasteiger partial charge in [-0.25, -0.2) is 0 Å². The summed E-state index contributed by atoms with van der Waals surface area (Å²) in [7, 11) is 0. The molecule has 4 aliphatic rings. The summed E-state index contributed by atoms with van der Waals surface area (Å²) in [5.41, 5.74) is 2.38. The van der Waals surface area contributed by atoms with E-state index in [9.17, 15) is 29.1 Å². The van der Waals surface area contributed by atoms with Crippen LogP contribution in [0.25, 0.3) is 10.8 Å². The van der Waals surface area contributed by atoms with Gasteiger partial charge < -0.3 is 10.2 Å². The number of likely N-dealkylation sites (tertiary alicyclic amines) is 1. The van der Waals surface area contributed by atoms with Gasteiger partial charge in [-0.2, -0.15) is 0 Å². The number of unbranched alkanes of at least 4 members (excludes halogenated alkanes) is 2. The molecule has 3 aliphatic carbocycles. The zero-order chi connectivity index (χ0) is 29.0. The zero-order valence-electron chi connectivity index (χ0n) is 22.8. The van der Waals surface area contributed by atoms with Gasteiger partial charge in [0.05, 0.1) is 11.8 Å². The van der Waals surface area contributed by atoms with Crippen molar-refractivity contribution in [2.45, 2.75) is 51.4 Å². The minimum absolute atomic E-state index is 0.00700. The lowest BCUT2D eigenvalue weighted by atomic mass is 9.59. The molecule has 0 spiro atoms. The Balaban J connectivity index is 1.42. The number of nitrogens with zero attached hydrogens (tertiary/aromatic N) is 1. The summed E-state index contributed by atoms with van der Waals surface area (Å²) in [5.74, 6) is -4.29. The third-order valence-electron chi connectivity index (χ3n) is 9.16. The van der Waals surface area contributed by atoms with Crippen LogP contribution in [-0.4, -0.2) is 51.0 Å². The fourth-order valence-electron chi connectivity index (χ4n) is 7.31. The van der Waals surface area contributed by atoms with Gasteiger partial charge in [0, 0.05) is 41.2 Å². The molecular formula is C33H31NO7. The largest absolute Gasteiger partial charge is 0.508 e. The van der Waals surface area contributed by atoms with Gasteiger partial charge in [0.1, 0.15) is 5.75 Å². The number of amides is 2. The van der Waals surface area contributed by atoms with Crippen LogP contribution in [-0.2, 0) is 24.0 Å². The number of carbonyl (C=O) groups is 5. The highest BCUT2D eigenvalue weighted by atomic mass is 16.4. The van der Waals surface area contributed by atoms with Crippen molar-refractivity contribution >= 4 is 40.1 Å². The minimum Gasteiger partial charge on any atom is -0.508 e. The van der Waals surface area contributed by atoms with E-state index >= 15 is 0 Å². The number of Topliss-reactive ketones (excluding diaryl/α,β-unsaturated/α-hetero) is 1. The molecular weight excluding hydrogens is 522 g/mol. The average molecular weight is 554 g/mol. The van der Waals surface area contributed by atoms with Crippen LogP contribution in [0.2, 0.25) is 0 Å². The second-order valence-corrected chi connectivity index (χ2v) is 11.5. The van der Waals surface area contributed by atoms with Crippen molar-refractivity contribution in [2.24, 2.45) is 17.8 Å². The Labute approximate surface area is 237 Å². The Hall–Kier alpha value is -4.33. The maximum atomic E-state index is 13.8. The SMILES string of the molecule is CC1=CC(=O)C2=C(C[C@@H]3C(=CC[C@@H]4C(=O)N(CCCCCC(=O)O)C(=O)[C@@H]43)[C@@H]2c2c(O)ccc3ccccc23)C1=O. The topological polar surface area (TPSA) is 129 Å². The van der Waals surface area contributed by atoms with E-state index in [2.05, 4.69) is 0 Å². The first kappa shape index (κ1) is 26.9. The first-order valence-corrected chi connectivity index (χ1v) is 14.2. The second-order valence-electron chi connectivity index (χ2n) is 11.5. The summed E-state index contributed by atoms with van der Waals surface area (Å²) >= 11 is 0. The summed E-state index contributed by atoms with van der Waals surface area (Å²) in [5, 5.41) is 21.7. The Bertz CT molecular complexity index is 1630. The number of carbonyl (C=O) groups excluding carboxylic acids is 4. The first-order valence-electron chi connectivity index (χ1n) is 14.2. The van der Waals surface area contributed by atoms with Crippen molar-refractivity contribution in [1.29, 1.82) is 0 Å². The Morgan fingerprint density at radius 2 is 1.76 bits per heavy atom. The molecule has 8 heteroatoms. The van der Waals surface area contributed by atoms with Gasteiger partial charge in [-0.05, 0) is 61.4 Å². The molecule has 1 aliphatic heterocycles. The van der Waals surface area contributed by atoms with Crippen LogP contribution < -0.4 is 0 Å². The summed E-state index contributed by atoms with van der Waals surface area (Å²) in [6.07, 6.45) is 5.46. The van der Waals surface area contributed by atoms with Gasteiger partial charge in [-0.1, -0.05) is 48.4 Å². The van der Waals surface area contributed by atoms with E-state index in [1.54, 1.807) is 19.1 Å². The number of aliphatic carboxylic acids is 1. The number of hydrogen-bond acceptors (Lipinski definition) is 6. The van der Waals surface area contributed by atoms with Crippen LogP contribution in [0, 0.1) is 17.8 Å². The van der Waals surface area contributed by atoms with E-state index in [0.29, 0.717) is 48.0 Å². The lowest BCUT2D eigenvalue weighted by Gasteiger charge is -2.42. The van der Waals surface area contributed by atoms with Crippen molar-refractivity contribution in [2.75, 3.05) is 6.54 Å². The molecule has 8 nitrogen and oxygen atoms in total. The van der Waals surface area contributed by atoms with Crippen LogP contribution in [0.5, 0.6) is 5.75 Å². The zero-order valence-corrected chi connectivity index (χ0v) is 22.8. The van der Waals surface area contributed by atoms with Gasteiger partial charge >= 0.3 is 5.97 Å². The van der Waals surface area contributed by atoms with Crippen LogP contribution >= 0.6 is 0 Å². The summed E-state index contributed by atoms with van der Waals surface area (Å²) < 4.78 is 0. The number of benzene rings is 2. The highest BCUT2D eigenvalue weighted by Crippen LogP contribution is 2.57. The van der Waals surface area contributed by atoms with Gasteiger partial charge in [-0.15, -0.1) is 0 Å². The lowest BCUT2D eigenvalue weighted by Crippen LogP contribution is -2.40. The molecule has 2 N–H and O–H groups in total. The fraction of sp³-hybridized carbons (Fsp3) is 0.364. The number of rotatable bonds is 7. The Morgan fingerprint density at radius 1 is 0.976 bits per heavy atom. The molecule has 1 heterocycles. The molecule has 0 aromatic heterocycles. The number of carboxylic acids is 1. The number of hydrogen-bond donors (Lipinski definition) is 2. The number of aromatic hydroxyl groups is 1. The average Bonchev–Trinajstić information content (AvgIpc) is 3.19. The fourth-order valence-corrected chi connectivity index (χ4v) is 7.31. The van der Waals surface area contributed by atoms with Crippen LogP contribution in [0.1, 0.15) is 56.9 Å². The molecule has 6 rings (SSSR count). The van der Waals surface area contributed by atoms with E-state index in [1.165, 1.54) is 11.0 Å². The van der Waals surface area contributed by atoms with E-state index in [-0.39, 0.29) is 48.5 Å². The van der Waals surface area contributed by atoms with E-state index in [0.717, 1.165) is 16.3 Å². The minimum atomic E-state index is -0.874. The molecule has 1 fully saturated rings. The van der Waals surface area contributed by atoms with Crippen molar-refractivity contribution in [1.82, 2.24) is 4.90 Å². The van der Waals surface area contributed by atoms with Crippen molar-refractivity contribution in [3.8, 4) is 5.75 Å². The van der Waals surface area contributed by atoms with Gasteiger partial charge in [0.15, 0.2) is 11.6 Å². The molecule has 0 saturated carbocycles. The van der Waals surface area contributed by atoms with E-state index < -0.39 is 29.6 Å². The van der Waals surface area contributed by atoms with E-state index in [4.69, 9.17) is 5.11 Å². The van der Waals surface area contributed by atoms with Crippen LogP contribution in [0.4, 0.5) is 0 Å². The standard InChI is InChI=1S/C33H31NO7/c1-17-15-25(36)29-23(31(17)39)16-22-20(30(29)28-19-8-5-4-7-18(19)10-13-24(28)35)11-12-21-27(22)33(41)34(32(21)40)14-6-2-3-9-26(37)38/h4-5,7-8,10-11,13,15,21-22,27,30,35H,2-3,6,9,12,14,16H2,1H3,(H,37,38)/t21-,22+,27-,30+/m0/s1. The molecule has 4 atom stereocenters. The number of phenolic OH excluding ortho intramolecular Hbond substituents is 1. The normalized spacial score (nSPS) is 25.6. The molecule has 210 valence electrons. The maximum Gasteiger partial charge on any atom is 0.303 e. The summed E-state index contributed by atoms with van der Waals surface area (Å²) in [4.78, 5) is 66.4. The number of phenols is 1. The predicted molar refractivity (Wildman–Crippen MR) is 150 cm³/mol. The molecule has 2 aromatic carbocycles. The Morgan fingerprint density at radius 3 is 2.54 bits per heavy atom. The van der Waals surface area contributed by atoms with E-state index in [1.807, 2.05) is 30.3 Å². The number of allylic oxidation sites excluding steroid dienone is 6. The quantitative estimate of drug-likeness (QED) is 0.222. The highest BCUT2D eigenvalue weighted by molar-refractivity contribution is 6.24. The number of imide groups is 1. The molecule has 1 saturated heterocycles. The predicted octanol–water partition coefficient (Wildman–Crippen LogP) is 4.62.